The topological polar surface area (TPSA) is 106 Å². The standard InChI is InChI=1S/C20H24N6O2/c1-12-13(2)23-20(24-19(12)28)26-15(4)17(14(3)25-26)7-8-18(27)22-11-16-6-5-9-21-10-16/h5-6,9-10H,7-8,11H2,1-4H3,(H,22,27)(H,23,24,28). The summed E-state index contributed by atoms with van der Waals surface area (Å²) < 4.78 is 1.63. The molecule has 0 spiro atoms. The van der Waals surface area contributed by atoms with Crippen LogP contribution in [0.2, 0.25) is 0 Å². The average molecular weight is 380 g/mol. The SMILES string of the molecule is Cc1nn(-c2nc(C)c(C)c(=O)[nH]2)c(C)c1CCC(=O)NCc1cccnc1. The molecule has 0 aliphatic heterocycles. The first kappa shape index (κ1) is 19.5. The maximum absolute atomic E-state index is 12.2. The normalized spacial score (nSPS) is 10.9. The number of aromatic amines is 1. The Morgan fingerprint density at radius 1 is 1.21 bits per heavy atom. The van der Waals surface area contributed by atoms with E-state index < -0.39 is 0 Å². The van der Waals surface area contributed by atoms with E-state index >= 15 is 0 Å². The molecule has 0 saturated carbocycles. The van der Waals surface area contributed by atoms with Crippen LogP contribution in [0.3, 0.4) is 0 Å². The molecule has 3 heterocycles. The number of nitrogens with zero attached hydrogens (tertiary/aromatic N) is 4. The molecule has 8 nitrogen and oxygen atoms in total. The van der Waals surface area contributed by atoms with Crippen molar-refractivity contribution < 1.29 is 4.79 Å². The number of carbonyl (C=O) groups is 1. The second-order valence-corrected chi connectivity index (χ2v) is 6.80. The lowest BCUT2D eigenvalue weighted by Crippen LogP contribution is -2.23. The van der Waals surface area contributed by atoms with Crippen molar-refractivity contribution in [2.75, 3.05) is 0 Å². The van der Waals surface area contributed by atoms with Gasteiger partial charge in [-0.15, -0.1) is 0 Å². The van der Waals surface area contributed by atoms with Crippen LogP contribution in [0.25, 0.3) is 5.95 Å². The lowest BCUT2D eigenvalue weighted by Gasteiger charge is -2.07. The predicted octanol–water partition coefficient (Wildman–Crippen LogP) is 1.83. The van der Waals surface area contributed by atoms with Crippen LogP contribution in [0.15, 0.2) is 29.3 Å². The number of carbonyl (C=O) groups excluding carboxylic acids is 1. The number of pyridine rings is 1. The first-order valence-corrected chi connectivity index (χ1v) is 9.15. The molecule has 0 aromatic carbocycles. The fourth-order valence-corrected chi connectivity index (χ4v) is 3.00. The number of hydrogen-bond acceptors (Lipinski definition) is 5. The average Bonchev–Trinajstić information content (AvgIpc) is 2.97. The Balaban J connectivity index is 1.70. The number of H-pyrrole nitrogens is 1. The Morgan fingerprint density at radius 3 is 2.68 bits per heavy atom. The van der Waals surface area contributed by atoms with Crippen molar-refractivity contribution in [3.8, 4) is 5.95 Å². The zero-order valence-corrected chi connectivity index (χ0v) is 16.5. The summed E-state index contributed by atoms with van der Waals surface area (Å²) >= 11 is 0. The lowest BCUT2D eigenvalue weighted by molar-refractivity contribution is -0.121. The molecule has 28 heavy (non-hydrogen) atoms. The minimum Gasteiger partial charge on any atom is -0.352 e. The van der Waals surface area contributed by atoms with Crippen molar-refractivity contribution in [1.29, 1.82) is 0 Å². The van der Waals surface area contributed by atoms with Crippen molar-refractivity contribution in [3.05, 3.63) is 68.7 Å². The Hall–Kier alpha value is -3.29. The molecule has 3 aromatic heterocycles. The van der Waals surface area contributed by atoms with E-state index in [-0.39, 0.29) is 11.5 Å². The Bertz CT molecular complexity index is 1050. The van der Waals surface area contributed by atoms with E-state index in [0.29, 0.717) is 36.6 Å². The van der Waals surface area contributed by atoms with Gasteiger partial charge in [0.05, 0.1) is 5.69 Å². The molecular weight excluding hydrogens is 356 g/mol. The molecule has 3 aromatic rings. The van der Waals surface area contributed by atoms with E-state index in [1.807, 2.05) is 26.0 Å². The van der Waals surface area contributed by atoms with Gasteiger partial charge in [-0.05, 0) is 51.3 Å². The van der Waals surface area contributed by atoms with Gasteiger partial charge >= 0.3 is 0 Å². The molecule has 146 valence electrons. The molecule has 0 atom stereocenters. The third-order valence-corrected chi connectivity index (χ3v) is 4.84. The maximum atomic E-state index is 12.2. The molecule has 0 radical (unpaired) electrons. The van der Waals surface area contributed by atoms with Crippen molar-refractivity contribution in [3.63, 3.8) is 0 Å². The summed E-state index contributed by atoms with van der Waals surface area (Å²) in [5.41, 5.74) is 4.71. The van der Waals surface area contributed by atoms with Crippen LogP contribution in [0.5, 0.6) is 0 Å². The van der Waals surface area contributed by atoms with Crippen LogP contribution in [-0.4, -0.2) is 30.6 Å². The highest BCUT2D eigenvalue weighted by atomic mass is 16.1. The summed E-state index contributed by atoms with van der Waals surface area (Å²) in [7, 11) is 0. The molecule has 0 saturated heterocycles. The van der Waals surface area contributed by atoms with Crippen molar-refractivity contribution >= 4 is 5.91 Å². The van der Waals surface area contributed by atoms with Crippen molar-refractivity contribution in [2.24, 2.45) is 0 Å². The first-order valence-electron chi connectivity index (χ1n) is 9.15. The van der Waals surface area contributed by atoms with E-state index in [2.05, 4.69) is 25.4 Å². The maximum Gasteiger partial charge on any atom is 0.255 e. The molecule has 0 aliphatic rings. The van der Waals surface area contributed by atoms with Crippen LogP contribution < -0.4 is 10.9 Å². The van der Waals surface area contributed by atoms with Gasteiger partial charge in [-0.25, -0.2) is 9.67 Å². The van der Waals surface area contributed by atoms with Crippen LogP contribution in [-0.2, 0) is 17.8 Å². The smallest absolute Gasteiger partial charge is 0.255 e. The summed E-state index contributed by atoms with van der Waals surface area (Å²) in [5.74, 6) is 0.356. The number of aryl methyl sites for hydroxylation is 2. The summed E-state index contributed by atoms with van der Waals surface area (Å²) in [6.07, 6.45) is 4.35. The Labute approximate surface area is 163 Å². The molecule has 8 heteroatoms. The van der Waals surface area contributed by atoms with Crippen LogP contribution >= 0.6 is 0 Å². The van der Waals surface area contributed by atoms with E-state index in [1.54, 1.807) is 30.9 Å². The van der Waals surface area contributed by atoms with E-state index in [9.17, 15) is 9.59 Å². The molecule has 0 aliphatic carbocycles. The highest BCUT2D eigenvalue weighted by Gasteiger charge is 2.16. The Morgan fingerprint density at radius 2 is 2.00 bits per heavy atom. The lowest BCUT2D eigenvalue weighted by atomic mass is 10.1. The first-order chi connectivity index (χ1) is 13.4. The van der Waals surface area contributed by atoms with Crippen LogP contribution in [0.4, 0.5) is 0 Å². The summed E-state index contributed by atoms with van der Waals surface area (Å²) in [6.45, 7) is 7.80. The highest BCUT2D eigenvalue weighted by Crippen LogP contribution is 2.17. The molecule has 2 N–H and O–H groups in total. The zero-order valence-electron chi connectivity index (χ0n) is 16.5. The van der Waals surface area contributed by atoms with Gasteiger partial charge in [0, 0.05) is 42.3 Å². The summed E-state index contributed by atoms with van der Waals surface area (Å²) in [4.78, 5) is 35.5. The molecule has 0 bridgehead atoms. The minimum atomic E-state index is -0.175. The Kier molecular flexibility index (Phi) is 5.67. The van der Waals surface area contributed by atoms with E-state index in [0.717, 1.165) is 22.5 Å². The largest absolute Gasteiger partial charge is 0.352 e. The molecular formula is C20H24N6O2. The quantitative estimate of drug-likeness (QED) is 0.679. The van der Waals surface area contributed by atoms with Gasteiger partial charge in [0.15, 0.2) is 0 Å². The molecule has 0 unspecified atom stereocenters. The monoisotopic (exact) mass is 380 g/mol. The number of aromatic nitrogens is 5. The van der Waals surface area contributed by atoms with Gasteiger partial charge in [0.25, 0.3) is 5.56 Å². The van der Waals surface area contributed by atoms with E-state index in [1.165, 1.54) is 0 Å². The van der Waals surface area contributed by atoms with Gasteiger partial charge in [-0.2, -0.15) is 5.10 Å². The molecule has 0 fully saturated rings. The second kappa shape index (κ2) is 8.16. The third kappa shape index (κ3) is 4.16. The zero-order chi connectivity index (χ0) is 20.3. The summed E-state index contributed by atoms with van der Waals surface area (Å²) in [6, 6.07) is 3.76. The fourth-order valence-electron chi connectivity index (χ4n) is 3.00. The van der Waals surface area contributed by atoms with Gasteiger partial charge in [-0.1, -0.05) is 6.07 Å². The number of rotatable bonds is 6. The van der Waals surface area contributed by atoms with Crippen molar-refractivity contribution in [1.82, 2.24) is 30.0 Å². The van der Waals surface area contributed by atoms with Gasteiger partial charge in [-0.3, -0.25) is 19.6 Å². The van der Waals surface area contributed by atoms with E-state index in [4.69, 9.17) is 0 Å². The molecule has 1 amide bonds. The van der Waals surface area contributed by atoms with Crippen molar-refractivity contribution in [2.45, 2.75) is 47.1 Å². The number of hydrogen-bond donors (Lipinski definition) is 2. The van der Waals surface area contributed by atoms with Gasteiger partial charge in [0.1, 0.15) is 0 Å². The minimum absolute atomic E-state index is 0.0342. The highest BCUT2D eigenvalue weighted by molar-refractivity contribution is 5.76. The third-order valence-electron chi connectivity index (χ3n) is 4.84. The van der Waals surface area contributed by atoms with Gasteiger partial charge < -0.3 is 5.32 Å². The molecule has 3 rings (SSSR count). The predicted molar refractivity (Wildman–Crippen MR) is 105 cm³/mol. The summed E-state index contributed by atoms with van der Waals surface area (Å²) in [5, 5.41) is 7.41. The second-order valence-electron chi connectivity index (χ2n) is 6.80. The fraction of sp³-hybridized carbons (Fsp3) is 0.350. The number of nitrogens with one attached hydrogen (secondary N) is 2. The van der Waals surface area contributed by atoms with Crippen LogP contribution in [0.1, 0.15) is 40.2 Å². The number of amides is 1. The van der Waals surface area contributed by atoms with Crippen LogP contribution in [0, 0.1) is 27.7 Å². The van der Waals surface area contributed by atoms with Gasteiger partial charge in [0.2, 0.25) is 11.9 Å².